The van der Waals surface area contributed by atoms with E-state index in [9.17, 15) is 4.79 Å². The van der Waals surface area contributed by atoms with Crippen molar-refractivity contribution in [1.29, 1.82) is 0 Å². The number of hydrogen-bond donors (Lipinski definition) is 0. The van der Waals surface area contributed by atoms with Crippen molar-refractivity contribution < 1.29 is 4.79 Å². The maximum absolute atomic E-state index is 11.5. The fourth-order valence-electron chi connectivity index (χ4n) is 4.00. The smallest absolute Gasteiger partial charge is 0.251 e. The first-order valence-corrected chi connectivity index (χ1v) is 8.11. The van der Waals surface area contributed by atoms with Crippen molar-refractivity contribution in [3.63, 3.8) is 0 Å². The number of allylic oxidation sites excluding steroid dienone is 3. The molecule has 20 heavy (non-hydrogen) atoms. The summed E-state index contributed by atoms with van der Waals surface area (Å²) >= 11 is 0. The summed E-state index contributed by atoms with van der Waals surface area (Å²) in [5.74, 6) is 2.87. The Morgan fingerprint density at radius 2 is 1.95 bits per heavy atom. The van der Waals surface area contributed by atoms with Crippen LogP contribution in [0.2, 0.25) is 0 Å². The average Bonchev–Trinajstić information content (AvgIpc) is 3.12. The third-order valence-corrected chi connectivity index (χ3v) is 5.15. The number of hydrogen-bond acceptors (Lipinski definition) is 1. The minimum Gasteiger partial charge on any atom is -0.309 e. The molecule has 0 saturated heterocycles. The fraction of sp³-hybridized carbons (Fsp3) is 0.611. The predicted octanol–water partition coefficient (Wildman–Crippen LogP) is 4.06. The monoisotopic (exact) mass is 271 g/mol. The van der Waals surface area contributed by atoms with Crippen LogP contribution >= 0.6 is 0 Å². The summed E-state index contributed by atoms with van der Waals surface area (Å²) in [6.45, 7) is 4.72. The molecular weight excluding hydrogens is 246 g/mol. The van der Waals surface area contributed by atoms with Gasteiger partial charge in [-0.3, -0.25) is 4.79 Å². The molecule has 1 amide bonds. The second-order valence-corrected chi connectivity index (χ2v) is 6.56. The Balaban J connectivity index is 1.25. The van der Waals surface area contributed by atoms with Crippen molar-refractivity contribution in [2.45, 2.75) is 44.9 Å². The molecule has 3 atom stereocenters. The molecule has 3 unspecified atom stereocenters. The molecular formula is C18H25NO. The van der Waals surface area contributed by atoms with Gasteiger partial charge in [0.2, 0.25) is 0 Å². The van der Waals surface area contributed by atoms with E-state index in [-0.39, 0.29) is 5.91 Å². The maximum Gasteiger partial charge on any atom is 0.251 e. The van der Waals surface area contributed by atoms with Crippen molar-refractivity contribution >= 4 is 5.91 Å². The Morgan fingerprint density at radius 3 is 2.60 bits per heavy atom. The molecule has 108 valence electrons. The van der Waals surface area contributed by atoms with Gasteiger partial charge in [0, 0.05) is 18.3 Å². The highest BCUT2D eigenvalue weighted by Crippen LogP contribution is 2.45. The highest BCUT2D eigenvalue weighted by molar-refractivity contribution is 5.92. The van der Waals surface area contributed by atoms with E-state index in [4.69, 9.17) is 0 Å². The third-order valence-electron chi connectivity index (χ3n) is 5.15. The normalized spacial score (nSPS) is 31.0. The molecule has 2 bridgehead atoms. The van der Waals surface area contributed by atoms with E-state index >= 15 is 0 Å². The SMILES string of the molecule is C=C1C=CC(=O)N1CCCCCCC1CC2C=CC1C2. The van der Waals surface area contributed by atoms with Gasteiger partial charge in [0.25, 0.3) is 5.91 Å². The van der Waals surface area contributed by atoms with Crippen molar-refractivity contribution in [2.75, 3.05) is 6.54 Å². The minimum absolute atomic E-state index is 0.101. The summed E-state index contributed by atoms with van der Waals surface area (Å²) in [7, 11) is 0. The van der Waals surface area contributed by atoms with Gasteiger partial charge in [0.05, 0.1) is 0 Å². The average molecular weight is 271 g/mol. The number of amides is 1. The minimum atomic E-state index is 0.101. The first-order valence-electron chi connectivity index (χ1n) is 8.11. The van der Waals surface area contributed by atoms with Gasteiger partial charge in [-0.2, -0.15) is 0 Å². The Labute approximate surface area is 122 Å². The molecule has 1 heterocycles. The Kier molecular flexibility index (Phi) is 4.09. The van der Waals surface area contributed by atoms with Gasteiger partial charge in [0.1, 0.15) is 0 Å². The second kappa shape index (κ2) is 5.99. The van der Waals surface area contributed by atoms with Gasteiger partial charge in [-0.25, -0.2) is 0 Å². The van der Waals surface area contributed by atoms with Gasteiger partial charge < -0.3 is 4.90 Å². The molecule has 0 aromatic rings. The zero-order valence-electron chi connectivity index (χ0n) is 12.3. The number of carbonyl (C=O) groups is 1. The van der Waals surface area contributed by atoms with Crippen molar-refractivity contribution in [1.82, 2.24) is 4.90 Å². The fourth-order valence-corrected chi connectivity index (χ4v) is 4.00. The standard InChI is InChI=1S/C18H25NO/c1-14-7-10-18(20)19(14)11-5-3-2-4-6-16-12-15-8-9-17(16)13-15/h7-10,15-17H,1-6,11-13H2. The molecule has 1 aliphatic heterocycles. The molecule has 3 aliphatic rings. The van der Waals surface area contributed by atoms with E-state index in [1.165, 1.54) is 38.5 Å². The van der Waals surface area contributed by atoms with Crippen molar-refractivity contribution in [2.24, 2.45) is 17.8 Å². The quantitative estimate of drug-likeness (QED) is 0.505. The Morgan fingerprint density at radius 1 is 1.10 bits per heavy atom. The van der Waals surface area contributed by atoms with Crippen LogP contribution in [0.3, 0.4) is 0 Å². The lowest BCUT2D eigenvalue weighted by atomic mass is 9.88. The molecule has 1 saturated carbocycles. The molecule has 2 heteroatoms. The van der Waals surface area contributed by atoms with Crippen LogP contribution in [0, 0.1) is 17.8 Å². The molecule has 0 spiro atoms. The molecule has 3 rings (SSSR count). The largest absolute Gasteiger partial charge is 0.309 e. The lowest BCUT2D eigenvalue weighted by Crippen LogP contribution is -2.24. The number of unbranched alkanes of at least 4 members (excludes halogenated alkanes) is 3. The van der Waals surface area contributed by atoms with Gasteiger partial charge in [-0.15, -0.1) is 0 Å². The number of fused-ring (bicyclic) bond motifs is 2. The zero-order chi connectivity index (χ0) is 13.9. The number of nitrogens with zero attached hydrogens (tertiary/aromatic N) is 1. The summed E-state index contributed by atoms with van der Waals surface area (Å²) in [5, 5.41) is 0. The van der Waals surface area contributed by atoms with Gasteiger partial charge in [-0.1, -0.05) is 38.0 Å². The van der Waals surface area contributed by atoms with Crippen LogP contribution in [0.1, 0.15) is 44.9 Å². The van der Waals surface area contributed by atoms with Crippen molar-refractivity contribution in [3.8, 4) is 0 Å². The zero-order valence-corrected chi connectivity index (χ0v) is 12.3. The molecule has 0 aromatic heterocycles. The van der Waals surface area contributed by atoms with Crippen LogP contribution in [0.25, 0.3) is 0 Å². The van der Waals surface area contributed by atoms with Gasteiger partial charge in [-0.05, 0) is 49.5 Å². The second-order valence-electron chi connectivity index (χ2n) is 6.56. The number of carbonyl (C=O) groups excluding carboxylic acids is 1. The first kappa shape index (κ1) is 13.7. The first-order chi connectivity index (χ1) is 9.74. The van der Waals surface area contributed by atoms with Crippen LogP contribution in [-0.2, 0) is 4.79 Å². The van der Waals surface area contributed by atoms with Crippen LogP contribution in [0.15, 0.2) is 36.6 Å². The lowest BCUT2D eigenvalue weighted by molar-refractivity contribution is -0.123. The van der Waals surface area contributed by atoms with E-state index in [1.807, 2.05) is 6.08 Å². The maximum atomic E-state index is 11.5. The summed E-state index contributed by atoms with van der Waals surface area (Å²) in [6, 6.07) is 0. The highest BCUT2D eigenvalue weighted by Gasteiger charge is 2.34. The highest BCUT2D eigenvalue weighted by atomic mass is 16.2. The summed E-state index contributed by atoms with van der Waals surface area (Å²) in [6.07, 6.45) is 17.6. The van der Waals surface area contributed by atoms with E-state index < -0.39 is 0 Å². The number of rotatable bonds is 7. The predicted molar refractivity (Wildman–Crippen MR) is 81.9 cm³/mol. The molecule has 0 N–H and O–H groups in total. The summed E-state index contributed by atoms with van der Waals surface area (Å²) in [4.78, 5) is 13.3. The van der Waals surface area contributed by atoms with Crippen molar-refractivity contribution in [3.05, 3.63) is 36.6 Å². The molecule has 0 radical (unpaired) electrons. The third kappa shape index (κ3) is 2.89. The molecule has 0 aromatic carbocycles. The van der Waals surface area contributed by atoms with E-state index in [0.29, 0.717) is 0 Å². The summed E-state index contributed by atoms with van der Waals surface area (Å²) < 4.78 is 0. The Hall–Kier alpha value is -1.31. The molecule has 1 fully saturated rings. The van der Waals surface area contributed by atoms with Crippen LogP contribution in [-0.4, -0.2) is 17.4 Å². The topological polar surface area (TPSA) is 20.3 Å². The van der Waals surface area contributed by atoms with E-state index in [2.05, 4.69) is 18.7 Å². The van der Waals surface area contributed by atoms with E-state index in [1.54, 1.807) is 11.0 Å². The molecule has 2 nitrogen and oxygen atoms in total. The lowest BCUT2D eigenvalue weighted by Gasteiger charge is -2.18. The van der Waals surface area contributed by atoms with Crippen LogP contribution in [0.4, 0.5) is 0 Å². The van der Waals surface area contributed by atoms with E-state index in [0.717, 1.165) is 36.4 Å². The van der Waals surface area contributed by atoms with Gasteiger partial charge >= 0.3 is 0 Å². The summed E-state index contributed by atoms with van der Waals surface area (Å²) in [5.41, 5.74) is 0.851. The molecule has 2 aliphatic carbocycles. The van der Waals surface area contributed by atoms with Crippen LogP contribution in [0.5, 0.6) is 0 Å². The Bertz CT molecular complexity index is 430. The van der Waals surface area contributed by atoms with Crippen LogP contribution < -0.4 is 0 Å². The van der Waals surface area contributed by atoms with Gasteiger partial charge in [0.15, 0.2) is 0 Å².